The predicted octanol–water partition coefficient (Wildman–Crippen LogP) is 2.58. The lowest BCUT2D eigenvalue weighted by molar-refractivity contribution is -0.360. The summed E-state index contributed by atoms with van der Waals surface area (Å²) in [5.41, 5.74) is 0.0370. The van der Waals surface area contributed by atoms with Gasteiger partial charge in [0.25, 0.3) is 0 Å². The van der Waals surface area contributed by atoms with Crippen LogP contribution in [0.1, 0.15) is 58.9 Å². The highest BCUT2D eigenvalue weighted by Gasteiger charge is 2.60. The average Bonchev–Trinajstić information content (AvgIpc) is 2.87. The van der Waals surface area contributed by atoms with Crippen molar-refractivity contribution >= 4 is 35.5 Å². The van der Waals surface area contributed by atoms with Crippen LogP contribution in [0.4, 0.5) is 0 Å². The average molecular weight is 587 g/mol. The molecule has 3 rings (SSSR count). The van der Waals surface area contributed by atoms with E-state index in [1.165, 1.54) is 18.2 Å². The Labute approximate surface area is 237 Å². The first kappa shape index (κ1) is 31.6. The lowest BCUT2D eigenvalue weighted by atomic mass is 9.87. The Balaban J connectivity index is 2.05. The molecule has 0 spiro atoms. The summed E-state index contributed by atoms with van der Waals surface area (Å²) < 4.78 is 38.8. The molecule has 0 unspecified atom stereocenters. The number of methoxy groups -OCH3 is 1. The second-order valence-electron chi connectivity index (χ2n) is 9.73. The molecule has 1 saturated carbocycles. The zero-order valence-electron chi connectivity index (χ0n) is 23.0. The van der Waals surface area contributed by atoms with Gasteiger partial charge in [0.15, 0.2) is 12.2 Å². The van der Waals surface area contributed by atoms with Gasteiger partial charge in [0, 0.05) is 40.4 Å². The van der Waals surface area contributed by atoms with E-state index in [1.807, 2.05) is 0 Å². The van der Waals surface area contributed by atoms with Gasteiger partial charge in [-0.15, -0.1) is 0 Å². The van der Waals surface area contributed by atoms with Crippen LogP contribution in [0.25, 0.3) is 0 Å². The van der Waals surface area contributed by atoms with E-state index in [0.717, 1.165) is 53.4 Å². The van der Waals surface area contributed by atoms with Crippen LogP contribution in [0, 0.1) is 0 Å². The molecular formula is C27H35ClO12. The number of hydrogen-bond acceptors (Lipinski definition) is 12. The smallest absolute Gasteiger partial charge is 0.303 e. The molecule has 40 heavy (non-hydrogen) atoms. The maximum atomic E-state index is 12.2. The maximum absolute atomic E-state index is 12.2. The SMILES string of the molecule is CO[C@H]1CC[C@H](Oc2cc([C@]3(O)O[C@H](COC(C)=O)[C@@H](OC(C)=O)[C@H](OC(C)=O)[C@H]3OC(C)=O)ccc2Cl)CC1. The monoisotopic (exact) mass is 586 g/mol. The van der Waals surface area contributed by atoms with Crippen LogP contribution in [0.5, 0.6) is 5.75 Å². The first-order valence-corrected chi connectivity index (χ1v) is 13.3. The number of hydrogen-bond donors (Lipinski definition) is 1. The molecule has 1 heterocycles. The minimum Gasteiger partial charge on any atom is -0.489 e. The summed E-state index contributed by atoms with van der Waals surface area (Å²) in [7, 11) is 1.67. The minimum atomic E-state index is -2.48. The zero-order valence-corrected chi connectivity index (χ0v) is 23.8. The van der Waals surface area contributed by atoms with Gasteiger partial charge in [0.2, 0.25) is 11.9 Å². The van der Waals surface area contributed by atoms with Gasteiger partial charge in [-0.1, -0.05) is 17.7 Å². The molecule has 1 N–H and O–H groups in total. The summed E-state index contributed by atoms with van der Waals surface area (Å²) in [4.78, 5) is 47.8. The van der Waals surface area contributed by atoms with Gasteiger partial charge in [-0.3, -0.25) is 19.2 Å². The fourth-order valence-corrected chi connectivity index (χ4v) is 5.06. The van der Waals surface area contributed by atoms with Gasteiger partial charge in [-0.05, 0) is 37.8 Å². The van der Waals surface area contributed by atoms with Crippen molar-refractivity contribution in [1.82, 2.24) is 0 Å². The van der Waals surface area contributed by atoms with Gasteiger partial charge < -0.3 is 38.3 Å². The minimum absolute atomic E-state index is 0.0370. The van der Waals surface area contributed by atoms with Crippen molar-refractivity contribution in [1.29, 1.82) is 0 Å². The number of halogens is 1. The molecule has 2 aliphatic rings. The van der Waals surface area contributed by atoms with Gasteiger partial charge in [-0.25, -0.2) is 0 Å². The molecular weight excluding hydrogens is 552 g/mol. The van der Waals surface area contributed by atoms with Crippen molar-refractivity contribution in [3.8, 4) is 5.75 Å². The van der Waals surface area contributed by atoms with E-state index in [-0.39, 0.29) is 28.5 Å². The number of rotatable bonds is 9. The zero-order chi connectivity index (χ0) is 29.6. The Kier molecular flexibility index (Phi) is 10.8. The van der Waals surface area contributed by atoms with Crippen molar-refractivity contribution in [2.24, 2.45) is 0 Å². The molecule has 0 aromatic heterocycles. The van der Waals surface area contributed by atoms with Crippen LogP contribution in [-0.4, -0.2) is 79.3 Å². The molecule has 0 amide bonds. The van der Waals surface area contributed by atoms with E-state index < -0.39 is 60.7 Å². The second-order valence-corrected chi connectivity index (χ2v) is 10.1. The number of carbonyl (C=O) groups is 4. The molecule has 222 valence electrons. The summed E-state index contributed by atoms with van der Waals surface area (Å²) in [5.74, 6) is -5.36. The summed E-state index contributed by atoms with van der Waals surface area (Å²) in [6, 6.07) is 4.33. The van der Waals surface area contributed by atoms with Crippen LogP contribution in [0.2, 0.25) is 5.02 Å². The van der Waals surface area contributed by atoms with E-state index in [2.05, 4.69) is 0 Å². The van der Waals surface area contributed by atoms with Gasteiger partial charge in [-0.2, -0.15) is 0 Å². The van der Waals surface area contributed by atoms with Crippen molar-refractivity contribution < 1.29 is 57.4 Å². The lowest BCUT2D eigenvalue weighted by Crippen LogP contribution is -2.66. The van der Waals surface area contributed by atoms with Crippen LogP contribution in [0.15, 0.2) is 18.2 Å². The maximum Gasteiger partial charge on any atom is 0.303 e. The quantitative estimate of drug-likeness (QED) is 0.334. The van der Waals surface area contributed by atoms with Crippen molar-refractivity contribution in [3.63, 3.8) is 0 Å². The number of ether oxygens (including phenoxy) is 7. The molecule has 5 atom stereocenters. The summed E-state index contributed by atoms with van der Waals surface area (Å²) in [6.07, 6.45) is -2.96. The number of aliphatic hydroxyl groups is 1. The van der Waals surface area contributed by atoms with E-state index in [1.54, 1.807) is 7.11 Å². The summed E-state index contributed by atoms with van der Waals surface area (Å²) in [5, 5.41) is 12.3. The number of carbonyl (C=O) groups excluding carboxylic acids is 4. The Hall–Kier alpha value is -2.93. The molecule has 0 radical (unpaired) electrons. The van der Waals surface area contributed by atoms with E-state index in [4.69, 9.17) is 44.8 Å². The molecule has 1 aromatic carbocycles. The summed E-state index contributed by atoms with van der Waals surface area (Å²) in [6.45, 7) is 3.96. The molecule has 1 aliphatic heterocycles. The molecule has 0 bridgehead atoms. The van der Waals surface area contributed by atoms with Crippen LogP contribution in [-0.2, 0) is 53.4 Å². The number of esters is 4. The molecule has 1 aliphatic carbocycles. The molecule has 1 aromatic rings. The van der Waals surface area contributed by atoms with Gasteiger partial charge >= 0.3 is 23.9 Å². The third-order valence-corrected chi connectivity index (χ3v) is 6.96. The Morgan fingerprint density at radius 3 is 2.02 bits per heavy atom. The van der Waals surface area contributed by atoms with E-state index >= 15 is 0 Å². The predicted molar refractivity (Wildman–Crippen MR) is 137 cm³/mol. The highest BCUT2D eigenvalue weighted by atomic mass is 35.5. The molecule has 2 fully saturated rings. The Bertz CT molecular complexity index is 1090. The summed E-state index contributed by atoms with van der Waals surface area (Å²) >= 11 is 6.43. The fraction of sp³-hybridized carbons (Fsp3) is 0.630. The normalized spacial score (nSPS) is 30.1. The molecule has 1 saturated heterocycles. The van der Waals surface area contributed by atoms with Gasteiger partial charge in [0.05, 0.1) is 17.2 Å². The van der Waals surface area contributed by atoms with E-state index in [9.17, 15) is 24.3 Å². The van der Waals surface area contributed by atoms with Crippen LogP contribution >= 0.6 is 11.6 Å². The van der Waals surface area contributed by atoms with Crippen LogP contribution < -0.4 is 4.74 Å². The first-order chi connectivity index (χ1) is 18.8. The topological polar surface area (TPSA) is 153 Å². The number of benzene rings is 1. The van der Waals surface area contributed by atoms with Crippen LogP contribution in [0.3, 0.4) is 0 Å². The van der Waals surface area contributed by atoms with Gasteiger partial charge in [0.1, 0.15) is 18.5 Å². The highest BCUT2D eigenvalue weighted by molar-refractivity contribution is 6.32. The Morgan fingerprint density at radius 1 is 0.900 bits per heavy atom. The molecule has 13 heteroatoms. The lowest BCUT2D eigenvalue weighted by Gasteiger charge is -2.48. The standard InChI is InChI=1S/C27H35ClO12/c1-14(29)35-13-23-24(36-15(2)30)25(37-16(3)31)26(38-17(4)32)27(33,40-23)18-6-11-21(28)22(12-18)39-20-9-7-19(34-5)8-10-20/h6,11-12,19-20,23-26,33H,7-10,13H2,1-5H3/t19-,20-,23-,24-,25+,26-,27+/m1/s1. The Morgan fingerprint density at radius 2 is 1.48 bits per heavy atom. The van der Waals surface area contributed by atoms with Crippen molar-refractivity contribution in [2.45, 2.75) is 95.8 Å². The fourth-order valence-electron chi connectivity index (χ4n) is 4.89. The highest BCUT2D eigenvalue weighted by Crippen LogP contribution is 2.43. The second kappa shape index (κ2) is 13.6. The van der Waals surface area contributed by atoms with Crippen molar-refractivity contribution in [2.75, 3.05) is 13.7 Å². The van der Waals surface area contributed by atoms with Crippen molar-refractivity contribution in [3.05, 3.63) is 28.8 Å². The first-order valence-electron chi connectivity index (χ1n) is 12.9. The molecule has 12 nitrogen and oxygen atoms in total. The third-order valence-electron chi connectivity index (χ3n) is 6.65. The largest absolute Gasteiger partial charge is 0.489 e. The third kappa shape index (κ3) is 7.84. The van der Waals surface area contributed by atoms with E-state index in [0.29, 0.717) is 0 Å².